The van der Waals surface area contributed by atoms with Crippen LogP contribution in [0.2, 0.25) is 0 Å². The molecule has 6 heteroatoms. The Labute approximate surface area is 96.1 Å². The molecule has 0 aliphatic carbocycles. The summed E-state index contributed by atoms with van der Waals surface area (Å²) in [5.74, 6) is 2.24. The van der Waals surface area contributed by atoms with Gasteiger partial charge in [-0.15, -0.1) is 0 Å². The van der Waals surface area contributed by atoms with Gasteiger partial charge in [-0.2, -0.15) is 4.37 Å². The zero-order valence-corrected chi connectivity index (χ0v) is 9.81. The zero-order chi connectivity index (χ0) is 10.7. The molecule has 0 aliphatic rings. The van der Waals surface area contributed by atoms with E-state index in [1.54, 1.807) is 18.0 Å². The minimum absolute atomic E-state index is 0.557. The van der Waals surface area contributed by atoms with Gasteiger partial charge < -0.3 is 5.73 Å². The fraction of sp³-hybridized carbons (Fsp3) is 0.222. The number of hydrogen-bond acceptors (Lipinski definition) is 6. The first-order valence-electron chi connectivity index (χ1n) is 4.37. The van der Waals surface area contributed by atoms with Gasteiger partial charge in [0, 0.05) is 11.9 Å². The maximum Gasteiger partial charge on any atom is 0.170 e. The number of nitrogens with two attached hydrogens (primary N) is 1. The van der Waals surface area contributed by atoms with Gasteiger partial charge in [0.2, 0.25) is 0 Å². The molecule has 0 fully saturated rings. The highest BCUT2D eigenvalue weighted by atomic mass is 32.2. The molecule has 4 nitrogen and oxygen atoms in total. The third kappa shape index (κ3) is 2.90. The zero-order valence-electron chi connectivity index (χ0n) is 8.17. The lowest BCUT2D eigenvalue weighted by Crippen LogP contribution is -1.90. The van der Waals surface area contributed by atoms with Crippen molar-refractivity contribution in [3.05, 3.63) is 29.7 Å². The molecule has 0 atom stereocenters. The van der Waals surface area contributed by atoms with Crippen LogP contribution in [0.15, 0.2) is 22.7 Å². The summed E-state index contributed by atoms with van der Waals surface area (Å²) in [5.41, 5.74) is 6.74. The molecule has 78 valence electrons. The molecule has 0 saturated heterocycles. The highest BCUT2D eigenvalue weighted by Crippen LogP contribution is 2.24. The summed E-state index contributed by atoms with van der Waals surface area (Å²) >= 11 is 3.09. The van der Waals surface area contributed by atoms with Crippen molar-refractivity contribution >= 4 is 29.1 Å². The van der Waals surface area contributed by atoms with Crippen LogP contribution in [0.3, 0.4) is 0 Å². The van der Waals surface area contributed by atoms with Crippen molar-refractivity contribution in [2.75, 3.05) is 5.73 Å². The first-order chi connectivity index (χ1) is 7.24. The second-order valence-corrected chi connectivity index (χ2v) is 4.96. The fourth-order valence-corrected chi connectivity index (χ4v) is 2.66. The summed E-state index contributed by atoms with van der Waals surface area (Å²) in [6.07, 6.45) is 1.72. The van der Waals surface area contributed by atoms with Crippen molar-refractivity contribution in [2.24, 2.45) is 0 Å². The van der Waals surface area contributed by atoms with Gasteiger partial charge in [-0.25, -0.2) is 9.97 Å². The van der Waals surface area contributed by atoms with Crippen LogP contribution in [-0.4, -0.2) is 14.3 Å². The maximum absolute atomic E-state index is 5.59. The molecule has 0 spiro atoms. The van der Waals surface area contributed by atoms with Crippen molar-refractivity contribution in [3.63, 3.8) is 0 Å². The lowest BCUT2D eigenvalue weighted by atomic mass is 10.3. The summed E-state index contributed by atoms with van der Waals surface area (Å²) in [6, 6.07) is 3.83. The fourth-order valence-electron chi connectivity index (χ4n) is 1.07. The van der Waals surface area contributed by atoms with Gasteiger partial charge in [0.1, 0.15) is 11.6 Å². The predicted octanol–water partition coefficient (Wildman–Crippen LogP) is 2.12. The average molecular weight is 238 g/mol. The number of aryl methyl sites for hydroxylation is 1. The van der Waals surface area contributed by atoms with E-state index in [-0.39, 0.29) is 0 Å². The van der Waals surface area contributed by atoms with Crippen LogP contribution in [-0.2, 0) is 5.75 Å². The molecule has 2 aromatic heterocycles. The Balaban J connectivity index is 1.99. The molecule has 0 unspecified atom stereocenters. The van der Waals surface area contributed by atoms with Gasteiger partial charge in [-0.1, -0.05) is 11.8 Å². The van der Waals surface area contributed by atoms with Crippen molar-refractivity contribution in [1.29, 1.82) is 0 Å². The highest BCUT2D eigenvalue weighted by Gasteiger charge is 2.02. The number of pyridine rings is 1. The van der Waals surface area contributed by atoms with E-state index in [2.05, 4.69) is 14.3 Å². The molecular formula is C9H10N4S2. The molecule has 2 N–H and O–H groups in total. The van der Waals surface area contributed by atoms with Gasteiger partial charge in [-0.3, -0.25) is 0 Å². The second-order valence-electron chi connectivity index (χ2n) is 2.99. The normalized spacial score (nSPS) is 10.5. The monoisotopic (exact) mass is 238 g/mol. The molecule has 2 heterocycles. The molecule has 0 aromatic carbocycles. The van der Waals surface area contributed by atoms with Crippen LogP contribution in [0.4, 0.5) is 5.82 Å². The first kappa shape index (κ1) is 10.4. The van der Waals surface area contributed by atoms with E-state index in [9.17, 15) is 0 Å². The molecule has 2 rings (SSSR count). The van der Waals surface area contributed by atoms with Crippen LogP contribution in [0.25, 0.3) is 0 Å². The first-order valence-corrected chi connectivity index (χ1v) is 6.13. The molecule has 0 radical (unpaired) electrons. The summed E-state index contributed by atoms with van der Waals surface area (Å²) in [4.78, 5) is 8.21. The summed E-state index contributed by atoms with van der Waals surface area (Å²) in [6.45, 7) is 1.89. The number of rotatable bonds is 3. The van der Waals surface area contributed by atoms with Crippen LogP contribution >= 0.6 is 23.3 Å². The summed E-state index contributed by atoms with van der Waals surface area (Å²) < 4.78 is 5.11. The van der Waals surface area contributed by atoms with Crippen molar-refractivity contribution < 1.29 is 0 Å². The third-order valence-corrected chi connectivity index (χ3v) is 3.71. The van der Waals surface area contributed by atoms with E-state index in [4.69, 9.17) is 5.73 Å². The lowest BCUT2D eigenvalue weighted by Gasteiger charge is -1.98. The Morgan fingerprint density at radius 3 is 3.07 bits per heavy atom. The van der Waals surface area contributed by atoms with E-state index in [1.807, 2.05) is 19.1 Å². The van der Waals surface area contributed by atoms with E-state index in [0.29, 0.717) is 5.82 Å². The molecule has 2 aromatic rings. The smallest absolute Gasteiger partial charge is 0.170 e. The summed E-state index contributed by atoms with van der Waals surface area (Å²) in [7, 11) is 0. The van der Waals surface area contributed by atoms with Crippen molar-refractivity contribution in [2.45, 2.75) is 17.0 Å². The Morgan fingerprint density at radius 1 is 1.53 bits per heavy atom. The van der Waals surface area contributed by atoms with E-state index in [0.717, 1.165) is 21.5 Å². The van der Waals surface area contributed by atoms with Gasteiger partial charge in [0.15, 0.2) is 4.34 Å². The Bertz CT molecular complexity index is 455. The van der Waals surface area contributed by atoms with Crippen LogP contribution < -0.4 is 5.73 Å². The number of anilines is 1. The molecule has 0 bridgehead atoms. The van der Waals surface area contributed by atoms with Gasteiger partial charge in [-0.05, 0) is 36.2 Å². The Hall–Kier alpha value is -1.14. The van der Waals surface area contributed by atoms with Crippen molar-refractivity contribution in [3.8, 4) is 0 Å². The molecule has 0 amide bonds. The maximum atomic E-state index is 5.59. The molecule has 15 heavy (non-hydrogen) atoms. The highest BCUT2D eigenvalue weighted by molar-refractivity contribution is 8.00. The summed E-state index contributed by atoms with van der Waals surface area (Å²) in [5, 5.41) is 0. The minimum atomic E-state index is 0.557. The topological polar surface area (TPSA) is 64.7 Å². The quantitative estimate of drug-likeness (QED) is 0.830. The predicted molar refractivity (Wildman–Crippen MR) is 62.9 cm³/mol. The van der Waals surface area contributed by atoms with Crippen LogP contribution in [0, 0.1) is 6.92 Å². The molecular weight excluding hydrogens is 228 g/mol. The van der Waals surface area contributed by atoms with Gasteiger partial charge >= 0.3 is 0 Å². The van der Waals surface area contributed by atoms with E-state index >= 15 is 0 Å². The van der Waals surface area contributed by atoms with Crippen LogP contribution in [0.5, 0.6) is 0 Å². The number of nitrogen functional groups attached to an aromatic ring is 1. The van der Waals surface area contributed by atoms with E-state index < -0.39 is 0 Å². The standard InChI is InChI=1S/C9H10N4S2/c1-6-12-9(15-13-6)14-5-7-2-3-11-8(10)4-7/h2-4H,5H2,1H3,(H2,10,11). The van der Waals surface area contributed by atoms with Crippen LogP contribution in [0.1, 0.15) is 11.4 Å². The Kier molecular flexibility index (Phi) is 3.17. The lowest BCUT2D eigenvalue weighted by molar-refractivity contribution is 1.10. The number of nitrogens with zero attached hydrogens (tertiary/aromatic N) is 3. The minimum Gasteiger partial charge on any atom is -0.384 e. The number of thioether (sulfide) groups is 1. The second kappa shape index (κ2) is 4.59. The molecule has 0 aliphatic heterocycles. The number of aromatic nitrogens is 3. The molecule has 0 saturated carbocycles. The Morgan fingerprint density at radius 2 is 2.40 bits per heavy atom. The SMILES string of the molecule is Cc1nsc(SCc2ccnc(N)c2)n1. The number of hydrogen-bond donors (Lipinski definition) is 1. The third-order valence-electron chi connectivity index (χ3n) is 1.72. The van der Waals surface area contributed by atoms with Gasteiger partial charge in [0.05, 0.1) is 0 Å². The van der Waals surface area contributed by atoms with E-state index in [1.165, 1.54) is 11.5 Å². The average Bonchev–Trinajstić information content (AvgIpc) is 2.62. The van der Waals surface area contributed by atoms with Crippen molar-refractivity contribution in [1.82, 2.24) is 14.3 Å². The van der Waals surface area contributed by atoms with Gasteiger partial charge in [0.25, 0.3) is 0 Å². The largest absolute Gasteiger partial charge is 0.384 e.